The SMILES string of the molecule is CN(C(C)(C)CO)S(=O)(=O)c1cn[nH]c1. The molecule has 15 heavy (non-hydrogen) atoms. The van der Waals surface area contributed by atoms with Crippen molar-refractivity contribution in [3.05, 3.63) is 12.4 Å². The molecule has 0 atom stereocenters. The van der Waals surface area contributed by atoms with Crippen molar-refractivity contribution >= 4 is 10.0 Å². The number of sulfonamides is 1. The van der Waals surface area contributed by atoms with Crippen LogP contribution in [0.25, 0.3) is 0 Å². The van der Waals surface area contributed by atoms with Crippen LogP contribution in [-0.4, -0.2) is 47.2 Å². The molecule has 6 nitrogen and oxygen atoms in total. The summed E-state index contributed by atoms with van der Waals surface area (Å²) >= 11 is 0. The second-order valence-corrected chi connectivity index (χ2v) is 5.85. The molecule has 0 bridgehead atoms. The molecule has 1 heterocycles. The van der Waals surface area contributed by atoms with Crippen LogP contribution >= 0.6 is 0 Å². The molecule has 0 aliphatic heterocycles. The topological polar surface area (TPSA) is 86.3 Å². The van der Waals surface area contributed by atoms with Gasteiger partial charge in [-0.2, -0.15) is 9.40 Å². The summed E-state index contributed by atoms with van der Waals surface area (Å²) in [5, 5.41) is 15.1. The lowest BCUT2D eigenvalue weighted by atomic mass is 10.1. The molecule has 0 spiro atoms. The summed E-state index contributed by atoms with van der Waals surface area (Å²) in [7, 11) is -2.16. The van der Waals surface area contributed by atoms with E-state index in [0.29, 0.717) is 0 Å². The quantitative estimate of drug-likeness (QED) is 0.754. The molecule has 0 aromatic carbocycles. The summed E-state index contributed by atoms with van der Waals surface area (Å²) in [4.78, 5) is 0.0894. The lowest BCUT2D eigenvalue weighted by molar-refractivity contribution is 0.138. The van der Waals surface area contributed by atoms with Crippen molar-refractivity contribution in [2.24, 2.45) is 0 Å². The average Bonchev–Trinajstić information content (AvgIpc) is 2.69. The number of hydrogen-bond acceptors (Lipinski definition) is 4. The Morgan fingerprint density at radius 1 is 1.60 bits per heavy atom. The summed E-state index contributed by atoms with van der Waals surface area (Å²) in [5.41, 5.74) is -0.837. The zero-order valence-electron chi connectivity index (χ0n) is 8.93. The number of aromatic nitrogens is 2. The molecule has 1 aromatic heterocycles. The number of nitrogens with zero attached hydrogens (tertiary/aromatic N) is 2. The van der Waals surface area contributed by atoms with Gasteiger partial charge in [-0.25, -0.2) is 8.42 Å². The molecule has 0 radical (unpaired) electrons. The van der Waals surface area contributed by atoms with E-state index in [2.05, 4.69) is 10.2 Å². The fourth-order valence-corrected chi connectivity index (χ4v) is 2.38. The van der Waals surface area contributed by atoms with Crippen molar-refractivity contribution in [3.8, 4) is 0 Å². The average molecular weight is 233 g/mol. The van der Waals surface area contributed by atoms with E-state index in [-0.39, 0.29) is 11.5 Å². The summed E-state index contributed by atoms with van der Waals surface area (Å²) in [6.07, 6.45) is 2.54. The van der Waals surface area contributed by atoms with Gasteiger partial charge in [0, 0.05) is 13.2 Å². The van der Waals surface area contributed by atoms with E-state index in [9.17, 15) is 8.42 Å². The second-order valence-electron chi connectivity index (χ2n) is 3.88. The van der Waals surface area contributed by atoms with E-state index in [4.69, 9.17) is 5.11 Å². The van der Waals surface area contributed by atoms with Crippen LogP contribution in [-0.2, 0) is 10.0 Å². The van der Waals surface area contributed by atoms with Gasteiger partial charge in [0.1, 0.15) is 4.90 Å². The Morgan fingerprint density at radius 2 is 2.20 bits per heavy atom. The number of nitrogens with one attached hydrogen (secondary N) is 1. The molecule has 2 N–H and O–H groups in total. The first-order valence-corrected chi connectivity index (χ1v) is 5.85. The van der Waals surface area contributed by atoms with Crippen LogP contribution in [0, 0.1) is 0 Å². The molecule has 0 amide bonds. The van der Waals surface area contributed by atoms with Gasteiger partial charge in [-0.15, -0.1) is 0 Å². The maximum absolute atomic E-state index is 12.0. The van der Waals surface area contributed by atoms with Crippen molar-refractivity contribution in [1.29, 1.82) is 0 Å². The summed E-state index contributed by atoms with van der Waals surface area (Å²) < 4.78 is 25.0. The lowest BCUT2D eigenvalue weighted by Gasteiger charge is -2.32. The van der Waals surface area contributed by atoms with Crippen molar-refractivity contribution in [2.45, 2.75) is 24.3 Å². The van der Waals surface area contributed by atoms with Crippen LogP contribution in [0.3, 0.4) is 0 Å². The zero-order valence-corrected chi connectivity index (χ0v) is 9.74. The number of H-pyrrole nitrogens is 1. The van der Waals surface area contributed by atoms with Gasteiger partial charge < -0.3 is 5.11 Å². The monoisotopic (exact) mass is 233 g/mol. The van der Waals surface area contributed by atoms with Crippen LogP contribution in [0.15, 0.2) is 17.3 Å². The van der Waals surface area contributed by atoms with Crippen molar-refractivity contribution < 1.29 is 13.5 Å². The molecule has 7 heteroatoms. The number of aromatic amines is 1. The Hall–Kier alpha value is -0.920. The molecule has 0 aliphatic rings. The Kier molecular flexibility index (Phi) is 3.17. The maximum atomic E-state index is 12.0. The lowest BCUT2D eigenvalue weighted by Crippen LogP contribution is -2.47. The highest BCUT2D eigenvalue weighted by atomic mass is 32.2. The standard InChI is InChI=1S/C8H15N3O3S/c1-8(2,6-12)11(3)15(13,14)7-4-9-10-5-7/h4-5,12H,6H2,1-3H3,(H,9,10). The van der Waals surface area contributed by atoms with Gasteiger partial charge in [0.15, 0.2) is 0 Å². The third kappa shape index (κ3) is 2.19. The number of aliphatic hydroxyl groups is 1. The Labute approximate surface area is 89.0 Å². The minimum Gasteiger partial charge on any atom is -0.394 e. The van der Waals surface area contributed by atoms with E-state index in [1.165, 1.54) is 19.4 Å². The molecule has 0 unspecified atom stereocenters. The number of rotatable bonds is 4. The van der Waals surface area contributed by atoms with Gasteiger partial charge in [-0.05, 0) is 13.8 Å². The van der Waals surface area contributed by atoms with E-state index in [1.54, 1.807) is 13.8 Å². The Balaban J connectivity index is 3.09. The molecule has 0 fully saturated rings. The van der Waals surface area contributed by atoms with Crippen molar-refractivity contribution in [1.82, 2.24) is 14.5 Å². The fourth-order valence-electron chi connectivity index (χ4n) is 0.963. The highest BCUT2D eigenvalue weighted by Gasteiger charge is 2.33. The maximum Gasteiger partial charge on any atom is 0.246 e. The molecule has 0 aliphatic carbocycles. The molecule has 0 saturated carbocycles. The molecular formula is C8H15N3O3S. The number of hydrogen-bond donors (Lipinski definition) is 2. The Morgan fingerprint density at radius 3 is 2.60 bits per heavy atom. The first-order chi connectivity index (χ1) is 6.82. The Bertz CT molecular complexity index is 410. The zero-order chi connectivity index (χ0) is 11.7. The third-order valence-electron chi connectivity index (χ3n) is 2.37. The van der Waals surface area contributed by atoms with E-state index in [0.717, 1.165) is 4.31 Å². The molecule has 1 rings (SSSR count). The molecule has 1 aromatic rings. The van der Waals surface area contributed by atoms with Crippen LogP contribution in [0.1, 0.15) is 13.8 Å². The van der Waals surface area contributed by atoms with Gasteiger partial charge in [0.05, 0.1) is 18.3 Å². The summed E-state index contributed by atoms with van der Waals surface area (Å²) in [6.45, 7) is 3.04. The minimum absolute atomic E-state index is 0.0894. The van der Waals surface area contributed by atoms with Crippen LogP contribution in [0.5, 0.6) is 0 Å². The number of aliphatic hydroxyl groups excluding tert-OH is 1. The smallest absolute Gasteiger partial charge is 0.246 e. The van der Waals surface area contributed by atoms with E-state index in [1.807, 2.05) is 0 Å². The highest BCUT2D eigenvalue weighted by Crippen LogP contribution is 2.21. The third-order valence-corrected chi connectivity index (χ3v) is 4.41. The van der Waals surface area contributed by atoms with Crippen LogP contribution in [0.4, 0.5) is 0 Å². The molecule has 0 saturated heterocycles. The first-order valence-electron chi connectivity index (χ1n) is 4.41. The van der Waals surface area contributed by atoms with Gasteiger partial charge in [-0.3, -0.25) is 5.10 Å². The van der Waals surface area contributed by atoms with Gasteiger partial charge in [0.2, 0.25) is 10.0 Å². The van der Waals surface area contributed by atoms with Crippen LogP contribution < -0.4 is 0 Å². The summed E-state index contributed by atoms with van der Waals surface area (Å²) in [5.74, 6) is 0. The van der Waals surface area contributed by atoms with E-state index >= 15 is 0 Å². The largest absolute Gasteiger partial charge is 0.394 e. The molecule has 86 valence electrons. The van der Waals surface area contributed by atoms with Gasteiger partial charge in [0.25, 0.3) is 0 Å². The predicted octanol–water partition coefficient (Wildman–Crippen LogP) is -0.199. The highest BCUT2D eigenvalue weighted by molar-refractivity contribution is 7.89. The van der Waals surface area contributed by atoms with E-state index < -0.39 is 15.6 Å². The number of likely N-dealkylation sites (N-methyl/N-ethyl adjacent to an activating group) is 1. The van der Waals surface area contributed by atoms with Crippen molar-refractivity contribution in [2.75, 3.05) is 13.7 Å². The first kappa shape index (κ1) is 12.2. The van der Waals surface area contributed by atoms with Crippen molar-refractivity contribution in [3.63, 3.8) is 0 Å². The minimum atomic E-state index is -3.59. The molecular weight excluding hydrogens is 218 g/mol. The second kappa shape index (κ2) is 3.92. The van der Waals surface area contributed by atoms with Crippen LogP contribution in [0.2, 0.25) is 0 Å². The normalized spacial score (nSPS) is 13.4. The predicted molar refractivity (Wildman–Crippen MR) is 54.7 cm³/mol. The summed E-state index contributed by atoms with van der Waals surface area (Å²) in [6, 6.07) is 0. The van der Waals surface area contributed by atoms with Gasteiger partial charge in [-0.1, -0.05) is 0 Å². The van der Waals surface area contributed by atoms with Gasteiger partial charge >= 0.3 is 0 Å². The fraction of sp³-hybridized carbons (Fsp3) is 0.625.